The van der Waals surface area contributed by atoms with E-state index in [1.165, 1.54) is 11.0 Å². The van der Waals surface area contributed by atoms with Crippen molar-refractivity contribution in [2.24, 2.45) is 0 Å². The van der Waals surface area contributed by atoms with Gasteiger partial charge in [-0.15, -0.1) is 0 Å². The molecule has 3 amide bonds. The molecule has 35 heavy (non-hydrogen) atoms. The fourth-order valence-corrected chi connectivity index (χ4v) is 4.85. The van der Waals surface area contributed by atoms with Crippen LogP contribution in [-0.4, -0.2) is 51.7 Å². The summed E-state index contributed by atoms with van der Waals surface area (Å²) in [6, 6.07) is 4.25. The first-order valence-electron chi connectivity index (χ1n) is 11.9. The third-order valence-corrected chi connectivity index (χ3v) is 6.57. The first-order chi connectivity index (χ1) is 16.5. The van der Waals surface area contributed by atoms with Crippen molar-refractivity contribution in [2.75, 3.05) is 22.6 Å². The summed E-state index contributed by atoms with van der Waals surface area (Å²) in [4.78, 5) is 39.5. The normalized spacial score (nSPS) is 20.5. The number of anilines is 3. The van der Waals surface area contributed by atoms with Crippen molar-refractivity contribution in [3.05, 3.63) is 41.3 Å². The van der Waals surface area contributed by atoms with Gasteiger partial charge in [0, 0.05) is 30.9 Å². The van der Waals surface area contributed by atoms with Gasteiger partial charge in [0.05, 0.1) is 12.2 Å². The Morgan fingerprint density at radius 1 is 1.23 bits per heavy atom. The third-order valence-electron chi connectivity index (χ3n) is 6.57. The van der Waals surface area contributed by atoms with E-state index < -0.39 is 11.4 Å². The minimum Gasteiger partial charge on any atom is -0.444 e. The maximum Gasteiger partial charge on any atom is 0.410 e. The molecule has 2 heterocycles. The van der Waals surface area contributed by atoms with Gasteiger partial charge in [-0.25, -0.2) is 19.0 Å². The average molecular weight is 485 g/mol. The van der Waals surface area contributed by atoms with Crippen molar-refractivity contribution in [1.82, 2.24) is 14.9 Å². The predicted molar refractivity (Wildman–Crippen MR) is 132 cm³/mol. The van der Waals surface area contributed by atoms with Crippen LogP contribution < -0.4 is 15.5 Å². The maximum absolute atomic E-state index is 14.8. The Labute approximate surface area is 205 Å². The quantitative estimate of drug-likeness (QED) is 0.681. The summed E-state index contributed by atoms with van der Waals surface area (Å²) in [7, 11) is 1.75. The van der Waals surface area contributed by atoms with E-state index >= 15 is 0 Å². The zero-order chi connectivity index (χ0) is 25.5. The Bertz CT molecular complexity index is 1110. The number of hydrogen-bond acceptors (Lipinski definition) is 6. The summed E-state index contributed by atoms with van der Waals surface area (Å²) in [5, 5.41) is 0. The van der Waals surface area contributed by atoms with E-state index in [0.717, 1.165) is 0 Å². The van der Waals surface area contributed by atoms with Crippen LogP contribution in [0.3, 0.4) is 0 Å². The van der Waals surface area contributed by atoms with Crippen LogP contribution in [0.4, 0.5) is 31.4 Å². The van der Waals surface area contributed by atoms with Crippen LogP contribution in [0.1, 0.15) is 57.6 Å². The van der Waals surface area contributed by atoms with Crippen molar-refractivity contribution in [2.45, 2.75) is 77.6 Å². The molecule has 2 N–H and O–H groups in total. The smallest absolute Gasteiger partial charge is 0.410 e. The number of aryl methyl sites for hydroxylation is 1. The molecule has 188 valence electrons. The number of amides is 3. The highest BCUT2D eigenvalue weighted by Gasteiger charge is 2.41. The van der Waals surface area contributed by atoms with E-state index in [-0.39, 0.29) is 42.4 Å². The second kappa shape index (κ2) is 9.31. The molecule has 0 spiro atoms. The number of nitrogen functional groups attached to an aromatic ring is 1. The van der Waals surface area contributed by atoms with Gasteiger partial charge in [0.2, 0.25) is 5.95 Å². The molecule has 0 saturated heterocycles. The number of carbonyl (C=O) groups is 2. The summed E-state index contributed by atoms with van der Waals surface area (Å²) in [5.74, 6) is 0.0907. The molecule has 0 unspecified atom stereocenters. The molecule has 2 aliphatic rings. The summed E-state index contributed by atoms with van der Waals surface area (Å²) in [6.45, 7) is 7.45. The molecule has 1 saturated carbocycles. The van der Waals surface area contributed by atoms with Gasteiger partial charge in [0.25, 0.3) is 0 Å². The summed E-state index contributed by atoms with van der Waals surface area (Å²) in [6.07, 6.45) is 3.93. The highest BCUT2D eigenvalue weighted by Crippen LogP contribution is 2.38. The predicted octanol–water partition coefficient (Wildman–Crippen LogP) is 4.63. The minimum absolute atomic E-state index is 0.000784. The maximum atomic E-state index is 14.8. The Morgan fingerprint density at radius 2 is 1.91 bits per heavy atom. The zero-order valence-corrected chi connectivity index (χ0v) is 20.9. The van der Waals surface area contributed by atoms with Gasteiger partial charge in [-0.1, -0.05) is 12.1 Å². The number of urea groups is 1. The lowest BCUT2D eigenvalue weighted by molar-refractivity contribution is 0.0183. The van der Waals surface area contributed by atoms with Crippen molar-refractivity contribution < 1.29 is 18.7 Å². The van der Waals surface area contributed by atoms with Crippen LogP contribution in [-0.2, 0) is 11.3 Å². The Balaban J connectivity index is 1.59. The molecular formula is C25H33FN6O3. The highest BCUT2D eigenvalue weighted by atomic mass is 19.1. The van der Waals surface area contributed by atoms with Crippen molar-refractivity contribution in [3.8, 4) is 0 Å². The lowest BCUT2D eigenvalue weighted by atomic mass is 9.89. The minimum atomic E-state index is -0.569. The van der Waals surface area contributed by atoms with E-state index in [4.69, 9.17) is 10.5 Å². The van der Waals surface area contributed by atoms with Crippen LogP contribution in [0.2, 0.25) is 0 Å². The topological polar surface area (TPSA) is 105 Å². The monoisotopic (exact) mass is 484 g/mol. The van der Waals surface area contributed by atoms with E-state index in [9.17, 15) is 14.0 Å². The van der Waals surface area contributed by atoms with Gasteiger partial charge in [-0.2, -0.15) is 4.98 Å². The molecule has 4 rings (SSSR count). The molecule has 9 nitrogen and oxygen atoms in total. The molecule has 0 atom stereocenters. The summed E-state index contributed by atoms with van der Waals surface area (Å²) in [5.41, 5.74) is 6.92. The van der Waals surface area contributed by atoms with Crippen molar-refractivity contribution >= 4 is 29.6 Å². The number of aromatic nitrogens is 2. The molecule has 1 aliphatic carbocycles. The van der Waals surface area contributed by atoms with E-state index in [1.807, 2.05) is 20.8 Å². The molecule has 0 bridgehead atoms. The number of rotatable bonds is 3. The first-order valence-corrected chi connectivity index (χ1v) is 11.9. The number of ether oxygens (including phenoxy) is 1. The van der Waals surface area contributed by atoms with Crippen LogP contribution in [0.5, 0.6) is 0 Å². The standard InChI is InChI=1S/C25H33FN6O3/c1-15-7-6-8-19(26)20(15)31-14-16-13-28-22(27)29-21(16)32(23(31)33)18-11-9-17(10-12-18)30(5)24(34)35-25(2,3)4/h6-8,13,17-18H,9-12,14H2,1-5H3,(H2,27,28,29)/t17-,18-. The Hall–Kier alpha value is -3.43. The molecule has 1 aliphatic heterocycles. The number of para-hydroxylation sites is 1. The largest absolute Gasteiger partial charge is 0.444 e. The molecule has 2 aromatic rings. The van der Waals surface area contributed by atoms with Gasteiger partial charge >= 0.3 is 12.1 Å². The van der Waals surface area contributed by atoms with Crippen LogP contribution in [0.15, 0.2) is 24.4 Å². The fraction of sp³-hybridized carbons (Fsp3) is 0.520. The van der Waals surface area contributed by atoms with Gasteiger partial charge in [-0.3, -0.25) is 9.80 Å². The number of nitrogens with zero attached hydrogens (tertiary/aromatic N) is 5. The molecule has 10 heteroatoms. The second-order valence-electron chi connectivity index (χ2n) is 10.3. The molecule has 1 aromatic heterocycles. The summed E-state index contributed by atoms with van der Waals surface area (Å²) < 4.78 is 20.3. The van der Waals surface area contributed by atoms with Crippen molar-refractivity contribution in [3.63, 3.8) is 0 Å². The van der Waals surface area contributed by atoms with E-state index in [1.54, 1.807) is 42.1 Å². The van der Waals surface area contributed by atoms with Crippen LogP contribution in [0, 0.1) is 12.7 Å². The number of halogens is 1. The Kier molecular flexibility index (Phi) is 6.57. The lowest BCUT2D eigenvalue weighted by Crippen LogP contribution is -2.55. The molecular weight excluding hydrogens is 451 g/mol. The van der Waals surface area contributed by atoms with Gasteiger partial charge < -0.3 is 15.4 Å². The molecule has 1 aromatic carbocycles. The fourth-order valence-electron chi connectivity index (χ4n) is 4.85. The van der Waals surface area contributed by atoms with Gasteiger partial charge in [-0.05, 0) is 65.0 Å². The number of fused-ring (bicyclic) bond motifs is 1. The molecule has 1 fully saturated rings. The lowest BCUT2D eigenvalue weighted by Gasteiger charge is -2.43. The number of benzene rings is 1. The zero-order valence-electron chi connectivity index (χ0n) is 20.9. The summed E-state index contributed by atoms with van der Waals surface area (Å²) >= 11 is 0. The average Bonchev–Trinajstić information content (AvgIpc) is 2.78. The molecule has 0 radical (unpaired) electrons. The van der Waals surface area contributed by atoms with E-state index in [2.05, 4.69) is 9.97 Å². The second-order valence-corrected chi connectivity index (χ2v) is 10.3. The SMILES string of the molecule is Cc1cccc(F)c1N1Cc2cnc(N)nc2N([C@H]2CC[C@H](N(C)C(=O)OC(C)(C)C)CC2)C1=O. The highest BCUT2D eigenvalue weighted by molar-refractivity contribution is 6.06. The van der Waals surface area contributed by atoms with E-state index in [0.29, 0.717) is 42.6 Å². The Morgan fingerprint density at radius 3 is 2.54 bits per heavy atom. The number of hydrogen-bond donors (Lipinski definition) is 1. The third kappa shape index (κ3) is 5.01. The number of carbonyl (C=O) groups excluding carboxylic acids is 2. The van der Waals surface area contributed by atoms with Crippen LogP contribution >= 0.6 is 0 Å². The first kappa shape index (κ1) is 24.7. The van der Waals surface area contributed by atoms with Gasteiger partial charge in [0.15, 0.2) is 0 Å². The number of nitrogens with two attached hydrogens (primary N) is 1. The van der Waals surface area contributed by atoms with Crippen LogP contribution in [0.25, 0.3) is 0 Å². The van der Waals surface area contributed by atoms with Gasteiger partial charge in [0.1, 0.15) is 17.2 Å². The van der Waals surface area contributed by atoms with Crippen molar-refractivity contribution in [1.29, 1.82) is 0 Å².